The van der Waals surface area contributed by atoms with Crippen LogP contribution in [0.4, 0.5) is 0 Å². The zero-order valence-corrected chi connectivity index (χ0v) is 17.0. The molecule has 3 heterocycles. The van der Waals surface area contributed by atoms with Crippen molar-refractivity contribution in [2.75, 3.05) is 33.3 Å². The predicted molar refractivity (Wildman–Crippen MR) is 108 cm³/mol. The van der Waals surface area contributed by atoms with Gasteiger partial charge >= 0.3 is 0 Å². The van der Waals surface area contributed by atoms with E-state index >= 15 is 0 Å². The second kappa shape index (κ2) is 8.05. The van der Waals surface area contributed by atoms with Crippen molar-refractivity contribution >= 4 is 17.7 Å². The van der Waals surface area contributed by atoms with E-state index in [0.717, 1.165) is 25.7 Å². The van der Waals surface area contributed by atoms with Gasteiger partial charge in [0.05, 0.1) is 7.11 Å². The van der Waals surface area contributed by atoms with Gasteiger partial charge < -0.3 is 19.9 Å². The normalized spacial score (nSPS) is 25.2. The van der Waals surface area contributed by atoms with Gasteiger partial charge in [0.2, 0.25) is 11.8 Å². The molecule has 3 aliphatic rings. The zero-order chi connectivity index (χ0) is 20.4. The second-order valence-corrected chi connectivity index (χ2v) is 8.28. The van der Waals surface area contributed by atoms with Crippen LogP contribution in [0.1, 0.15) is 48.9 Å². The third-order valence-corrected chi connectivity index (χ3v) is 6.68. The van der Waals surface area contributed by atoms with Crippen LogP contribution in [0.2, 0.25) is 0 Å². The van der Waals surface area contributed by atoms with E-state index in [-0.39, 0.29) is 23.6 Å². The van der Waals surface area contributed by atoms with Gasteiger partial charge in [0.15, 0.2) is 0 Å². The molecule has 1 spiro atoms. The SMILES string of the molecule is COc1cccc(C(=O)N2CCC(C(=O)N3CCCC34CCCNC4=O)CC2)c1. The Kier molecular flexibility index (Phi) is 5.48. The molecule has 1 aromatic carbocycles. The third-order valence-electron chi connectivity index (χ3n) is 6.68. The van der Waals surface area contributed by atoms with Crippen molar-refractivity contribution in [3.05, 3.63) is 29.8 Å². The first-order chi connectivity index (χ1) is 14.0. The number of nitrogens with one attached hydrogen (secondary N) is 1. The number of hydrogen-bond acceptors (Lipinski definition) is 4. The first-order valence-corrected chi connectivity index (χ1v) is 10.6. The van der Waals surface area contributed by atoms with Crippen molar-refractivity contribution < 1.29 is 19.1 Å². The molecule has 7 nitrogen and oxygen atoms in total. The Morgan fingerprint density at radius 2 is 1.90 bits per heavy atom. The topological polar surface area (TPSA) is 79.0 Å². The molecule has 3 fully saturated rings. The maximum atomic E-state index is 13.3. The van der Waals surface area contributed by atoms with Crippen molar-refractivity contribution in [3.8, 4) is 5.75 Å². The smallest absolute Gasteiger partial charge is 0.253 e. The Morgan fingerprint density at radius 1 is 1.14 bits per heavy atom. The van der Waals surface area contributed by atoms with Gasteiger partial charge in [-0.3, -0.25) is 14.4 Å². The van der Waals surface area contributed by atoms with Gasteiger partial charge in [0.1, 0.15) is 11.3 Å². The number of carbonyl (C=O) groups excluding carboxylic acids is 3. The van der Waals surface area contributed by atoms with Crippen LogP contribution in [-0.2, 0) is 9.59 Å². The molecule has 0 saturated carbocycles. The minimum Gasteiger partial charge on any atom is -0.497 e. The molecule has 3 aliphatic heterocycles. The number of hydrogen-bond donors (Lipinski definition) is 1. The van der Waals surface area contributed by atoms with Gasteiger partial charge in [-0.05, 0) is 56.7 Å². The number of methoxy groups -OCH3 is 1. The average Bonchev–Trinajstić information content (AvgIpc) is 3.19. The lowest BCUT2D eigenvalue weighted by atomic mass is 9.85. The van der Waals surface area contributed by atoms with E-state index in [2.05, 4.69) is 5.32 Å². The lowest BCUT2D eigenvalue weighted by Crippen LogP contribution is -2.61. The molecule has 3 saturated heterocycles. The summed E-state index contributed by atoms with van der Waals surface area (Å²) in [4.78, 5) is 42.3. The number of piperidine rings is 2. The predicted octanol–water partition coefficient (Wildman–Crippen LogP) is 1.82. The molecular weight excluding hydrogens is 370 g/mol. The number of amides is 3. The number of rotatable bonds is 3. The highest BCUT2D eigenvalue weighted by atomic mass is 16.5. The van der Waals surface area contributed by atoms with Crippen molar-refractivity contribution in [1.29, 1.82) is 0 Å². The summed E-state index contributed by atoms with van der Waals surface area (Å²) in [7, 11) is 1.58. The highest BCUT2D eigenvalue weighted by Gasteiger charge is 2.51. The Labute approximate surface area is 171 Å². The molecule has 0 aliphatic carbocycles. The molecule has 0 radical (unpaired) electrons. The molecule has 1 atom stereocenters. The summed E-state index contributed by atoms with van der Waals surface area (Å²) in [6.45, 7) is 2.47. The van der Waals surface area contributed by atoms with Crippen LogP contribution in [0.25, 0.3) is 0 Å². The quantitative estimate of drug-likeness (QED) is 0.841. The number of nitrogens with zero attached hydrogens (tertiary/aromatic N) is 2. The van der Waals surface area contributed by atoms with Crippen LogP contribution in [0, 0.1) is 5.92 Å². The van der Waals surface area contributed by atoms with Gasteiger partial charge in [-0.15, -0.1) is 0 Å². The summed E-state index contributed by atoms with van der Waals surface area (Å²) >= 11 is 0. The monoisotopic (exact) mass is 399 g/mol. The van der Waals surface area contributed by atoms with Crippen LogP contribution in [-0.4, -0.2) is 66.3 Å². The van der Waals surface area contributed by atoms with E-state index in [4.69, 9.17) is 4.74 Å². The van der Waals surface area contributed by atoms with Crippen LogP contribution in [0.15, 0.2) is 24.3 Å². The maximum absolute atomic E-state index is 13.3. The minimum absolute atomic E-state index is 0.0141. The molecule has 4 rings (SSSR count). The van der Waals surface area contributed by atoms with Crippen molar-refractivity contribution in [3.63, 3.8) is 0 Å². The fraction of sp³-hybridized carbons (Fsp3) is 0.591. The largest absolute Gasteiger partial charge is 0.497 e. The summed E-state index contributed by atoms with van der Waals surface area (Å²) in [5.41, 5.74) is -0.0328. The Morgan fingerprint density at radius 3 is 2.62 bits per heavy atom. The first-order valence-electron chi connectivity index (χ1n) is 10.6. The lowest BCUT2D eigenvalue weighted by molar-refractivity contribution is -0.150. The van der Waals surface area contributed by atoms with Crippen LogP contribution in [0.5, 0.6) is 5.75 Å². The number of likely N-dealkylation sites (tertiary alicyclic amines) is 2. The standard InChI is InChI=1S/C22H29N3O4/c1-29-18-6-2-5-17(15-18)19(26)24-13-7-16(8-14-24)20(27)25-12-4-10-22(25)9-3-11-23-21(22)28/h2,5-6,15-16H,3-4,7-14H2,1H3,(H,23,28). The van der Waals surface area contributed by atoms with Crippen molar-refractivity contribution in [1.82, 2.24) is 15.1 Å². The van der Waals surface area contributed by atoms with Gasteiger partial charge in [-0.2, -0.15) is 0 Å². The minimum atomic E-state index is -0.636. The lowest BCUT2D eigenvalue weighted by Gasteiger charge is -2.42. The highest BCUT2D eigenvalue weighted by molar-refractivity contribution is 5.95. The molecule has 1 unspecified atom stereocenters. The molecule has 1 N–H and O–H groups in total. The van der Waals surface area contributed by atoms with Crippen LogP contribution < -0.4 is 10.1 Å². The summed E-state index contributed by atoms with van der Waals surface area (Å²) < 4.78 is 5.21. The molecular formula is C22H29N3O4. The van der Waals surface area contributed by atoms with Gasteiger partial charge in [-0.25, -0.2) is 0 Å². The summed E-state index contributed by atoms with van der Waals surface area (Å²) in [6, 6.07) is 7.16. The highest BCUT2D eigenvalue weighted by Crippen LogP contribution is 2.38. The molecule has 0 aromatic heterocycles. The van der Waals surface area contributed by atoms with E-state index in [1.165, 1.54) is 0 Å². The van der Waals surface area contributed by atoms with Gasteiger partial charge in [0.25, 0.3) is 5.91 Å². The molecule has 0 bridgehead atoms. The average molecular weight is 399 g/mol. The number of carbonyl (C=O) groups is 3. The van der Waals surface area contributed by atoms with Crippen molar-refractivity contribution in [2.45, 2.75) is 44.1 Å². The molecule has 3 amide bonds. The molecule has 1 aromatic rings. The zero-order valence-electron chi connectivity index (χ0n) is 17.0. The van der Waals surface area contributed by atoms with E-state index in [9.17, 15) is 14.4 Å². The fourth-order valence-electron chi connectivity index (χ4n) is 5.05. The third kappa shape index (κ3) is 3.58. The van der Waals surface area contributed by atoms with Crippen molar-refractivity contribution in [2.24, 2.45) is 5.92 Å². The Hall–Kier alpha value is -2.57. The maximum Gasteiger partial charge on any atom is 0.253 e. The fourth-order valence-corrected chi connectivity index (χ4v) is 5.05. The number of benzene rings is 1. The molecule has 7 heteroatoms. The second-order valence-electron chi connectivity index (χ2n) is 8.28. The van der Waals surface area contributed by atoms with E-state index in [1.54, 1.807) is 19.2 Å². The van der Waals surface area contributed by atoms with E-state index < -0.39 is 5.54 Å². The van der Waals surface area contributed by atoms with E-state index in [0.29, 0.717) is 50.3 Å². The summed E-state index contributed by atoms with van der Waals surface area (Å²) in [6.07, 6.45) is 4.61. The first kappa shape index (κ1) is 19.7. The summed E-state index contributed by atoms with van der Waals surface area (Å²) in [5.74, 6) is 0.618. The number of ether oxygens (including phenoxy) is 1. The van der Waals surface area contributed by atoms with Gasteiger partial charge in [-0.1, -0.05) is 6.07 Å². The van der Waals surface area contributed by atoms with E-state index in [1.807, 2.05) is 21.9 Å². The molecule has 29 heavy (non-hydrogen) atoms. The van der Waals surface area contributed by atoms with Gasteiger partial charge in [0, 0.05) is 37.7 Å². The Bertz CT molecular complexity index is 803. The van der Waals surface area contributed by atoms with Crippen LogP contribution in [0.3, 0.4) is 0 Å². The van der Waals surface area contributed by atoms with Crippen LogP contribution >= 0.6 is 0 Å². The Balaban J connectivity index is 1.39. The molecule has 156 valence electrons. The summed E-state index contributed by atoms with van der Waals surface area (Å²) in [5, 5.41) is 2.96.